The molecular weight excluding hydrogens is 376 g/mol. The normalized spacial score (nSPS) is 12.4. The van der Waals surface area contributed by atoms with Crippen LogP contribution in [0.1, 0.15) is 56.6 Å². The van der Waals surface area contributed by atoms with Gasteiger partial charge in [0.1, 0.15) is 5.82 Å². The van der Waals surface area contributed by atoms with Gasteiger partial charge in [-0.1, -0.05) is 37.3 Å². The van der Waals surface area contributed by atoms with Crippen LogP contribution in [0.3, 0.4) is 0 Å². The summed E-state index contributed by atoms with van der Waals surface area (Å²) in [6.07, 6.45) is 4.34. The van der Waals surface area contributed by atoms with Crippen LogP contribution in [0, 0.1) is 0 Å². The first-order valence-corrected chi connectivity index (χ1v) is 10.3. The molecule has 0 saturated heterocycles. The number of rotatable bonds is 6. The van der Waals surface area contributed by atoms with Crippen molar-refractivity contribution in [1.29, 1.82) is 0 Å². The number of nitrogens with one attached hydrogen (secondary N) is 1. The van der Waals surface area contributed by atoms with Crippen molar-refractivity contribution in [2.45, 2.75) is 46.2 Å². The van der Waals surface area contributed by atoms with E-state index in [9.17, 15) is 4.79 Å². The van der Waals surface area contributed by atoms with Gasteiger partial charge in [-0.15, -0.1) is 0 Å². The van der Waals surface area contributed by atoms with Crippen molar-refractivity contribution in [3.63, 3.8) is 0 Å². The highest BCUT2D eigenvalue weighted by Gasteiger charge is 2.20. The number of anilines is 1. The largest absolute Gasteiger partial charge is 0.307 e. The predicted molar refractivity (Wildman–Crippen MR) is 119 cm³/mol. The van der Waals surface area contributed by atoms with E-state index in [-0.39, 0.29) is 18.0 Å². The number of amides is 1. The molecule has 0 radical (unpaired) electrons. The average Bonchev–Trinajstić information content (AvgIpc) is 3.40. The van der Waals surface area contributed by atoms with Crippen molar-refractivity contribution in [2.75, 3.05) is 5.32 Å². The lowest BCUT2D eigenvalue weighted by molar-refractivity contribution is 0.102. The minimum Gasteiger partial charge on any atom is -0.307 e. The first-order valence-electron chi connectivity index (χ1n) is 10.3. The Balaban J connectivity index is 1.81. The lowest BCUT2D eigenvalue weighted by Crippen LogP contribution is -2.18. The van der Waals surface area contributed by atoms with Gasteiger partial charge in [0.25, 0.3) is 5.91 Å². The van der Waals surface area contributed by atoms with E-state index in [4.69, 9.17) is 4.98 Å². The van der Waals surface area contributed by atoms with Crippen LogP contribution in [0.15, 0.2) is 54.9 Å². The van der Waals surface area contributed by atoms with E-state index < -0.39 is 0 Å². The highest BCUT2D eigenvalue weighted by atomic mass is 16.1. The Morgan fingerprint density at radius 3 is 2.53 bits per heavy atom. The summed E-state index contributed by atoms with van der Waals surface area (Å²) in [5, 5.41) is 12.6. The molecule has 1 atom stereocenters. The molecular formula is C23H26N6O. The number of fused-ring (bicyclic) bond motifs is 1. The number of hydrogen-bond acceptors (Lipinski definition) is 4. The third-order valence-electron chi connectivity index (χ3n) is 5.29. The van der Waals surface area contributed by atoms with Crippen molar-refractivity contribution < 1.29 is 4.79 Å². The van der Waals surface area contributed by atoms with Crippen molar-refractivity contribution in [2.24, 2.45) is 0 Å². The van der Waals surface area contributed by atoms with Gasteiger partial charge in [0, 0.05) is 17.7 Å². The van der Waals surface area contributed by atoms with Crippen LogP contribution in [0.4, 0.5) is 5.82 Å². The molecule has 1 amide bonds. The fourth-order valence-corrected chi connectivity index (χ4v) is 3.46. The smallest absolute Gasteiger partial charge is 0.257 e. The molecule has 3 heterocycles. The van der Waals surface area contributed by atoms with Crippen LogP contribution in [-0.4, -0.2) is 30.5 Å². The minimum atomic E-state index is -0.201. The zero-order valence-corrected chi connectivity index (χ0v) is 17.7. The van der Waals surface area contributed by atoms with Gasteiger partial charge >= 0.3 is 0 Å². The molecule has 1 unspecified atom stereocenters. The molecule has 0 spiro atoms. The van der Waals surface area contributed by atoms with Gasteiger partial charge in [-0.05, 0) is 33.3 Å². The van der Waals surface area contributed by atoms with Gasteiger partial charge in [0.05, 0.1) is 35.1 Å². The number of carbonyl (C=O) groups is 1. The number of pyridine rings is 1. The van der Waals surface area contributed by atoms with E-state index in [1.54, 1.807) is 12.4 Å². The molecule has 3 aromatic heterocycles. The van der Waals surface area contributed by atoms with Gasteiger partial charge in [-0.25, -0.2) is 14.3 Å². The van der Waals surface area contributed by atoms with Gasteiger partial charge < -0.3 is 5.32 Å². The maximum atomic E-state index is 13.3. The van der Waals surface area contributed by atoms with E-state index in [0.29, 0.717) is 17.0 Å². The van der Waals surface area contributed by atoms with E-state index >= 15 is 0 Å². The number of benzene rings is 1. The van der Waals surface area contributed by atoms with Gasteiger partial charge in [-0.2, -0.15) is 10.2 Å². The molecule has 0 saturated carbocycles. The molecule has 154 valence electrons. The summed E-state index contributed by atoms with van der Waals surface area (Å²) in [4.78, 5) is 18.2. The second-order valence-corrected chi connectivity index (χ2v) is 7.71. The maximum absolute atomic E-state index is 13.3. The molecule has 4 rings (SSSR count). The molecule has 30 heavy (non-hydrogen) atoms. The number of nitrogens with zero attached hydrogens (tertiary/aromatic N) is 5. The summed E-state index contributed by atoms with van der Waals surface area (Å²) >= 11 is 0. The Hall–Kier alpha value is -3.48. The monoisotopic (exact) mass is 402 g/mol. The summed E-state index contributed by atoms with van der Waals surface area (Å²) in [6, 6.07) is 13.8. The van der Waals surface area contributed by atoms with Gasteiger partial charge in [0.15, 0.2) is 5.65 Å². The quantitative estimate of drug-likeness (QED) is 0.487. The molecule has 4 aromatic rings. The summed E-state index contributed by atoms with van der Waals surface area (Å²) in [5.74, 6) is 0.477. The predicted octanol–water partition coefficient (Wildman–Crippen LogP) is 5.10. The van der Waals surface area contributed by atoms with E-state index in [2.05, 4.69) is 29.4 Å². The third-order valence-corrected chi connectivity index (χ3v) is 5.29. The van der Waals surface area contributed by atoms with Crippen LogP contribution in [-0.2, 0) is 0 Å². The molecule has 0 bridgehead atoms. The van der Waals surface area contributed by atoms with Crippen LogP contribution in [0.2, 0.25) is 0 Å². The molecule has 0 fully saturated rings. The Kier molecular flexibility index (Phi) is 5.35. The van der Waals surface area contributed by atoms with Gasteiger partial charge in [-0.3, -0.25) is 4.79 Å². The minimum absolute atomic E-state index is 0.128. The fraction of sp³-hybridized carbons (Fsp3) is 0.304. The summed E-state index contributed by atoms with van der Waals surface area (Å²) in [5.41, 5.74) is 2.94. The molecule has 1 N–H and O–H groups in total. The summed E-state index contributed by atoms with van der Waals surface area (Å²) in [6.45, 7) is 8.27. The topological polar surface area (TPSA) is 77.6 Å². The molecule has 0 aliphatic rings. The number of carbonyl (C=O) groups excluding carboxylic acids is 1. The molecule has 7 heteroatoms. The highest BCUT2D eigenvalue weighted by Crippen LogP contribution is 2.27. The maximum Gasteiger partial charge on any atom is 0.257 e. The fourth-order valence-electron chi connectivity index (χ4n) is 3.46. The van der Waals surface area contributed by atoms with Crippen molar-refractivity contribution in [1.82, 2.24) is 24.5 Å². The first-order chi connectivity index (χ1) is 14.5. The zero-order chi connectivity index (χ0) is 21.3. The molecule has 0 aliphatic heterocycles. The lowest BCUT2D eigenvalue weighted by atomic mass is 10.1. The van der Waals surface area contributed by atoms with Crippen LogP contribution in [0.25, 0.3) is 22.3 Å². The molecule has 0 aliphatic carbocycles. The highest BCUT2D eigenvalue weighted by molar-refractivity contribution is 6.12. The van der Waals surface area contributed by atoms with E-state index in [1.165, 1.54) is 0 Å². The van der Waals surface area contributed by atoms with Crippen LogP contribution in [0.5, 0.6) is 0 Å². The van der Waals surface area contributed by atoms with Crippen molar-refractivity contribution in [3.8, 4) is 11.3 Å². The van der Waals surface area contributed by atoms with E-state index in [0.717, 1.165) is 23.1 Å². The average molecular weight is 403 g/mol. The zero-order valence-electron chi connectivity index (χ0n) is 17.7. The van der Waals surface area contributed by atoms with E-state index in [1.807, 2.05) is 65.7 Å². The second kappa shape index (κ2) is 8.10. The lowest BCUT2D eigenvalue weighted by Gasteiger charge is -2.15. The summed E-state index contributed by atoms with van der Waals surface area (Å²) in [7, 11) is 0. The van der Waals surface area contributed by atoms with Crippen molar-refractivity contribution >= 4 is 22.8 Å². The number of hydrogen-bond donors (Lipinski definition) is 1. The van der Waals surface area contributed by atoms with Crippen LogP contribution < -0.4 is 5.32 Å². The molecule has 7 nitrogen and oxygen atoms in total. The van der Waals surface area contributed by atoms with Crippen LogP contribution >= 0.6 is 0 Å². The number of aromatic nitrogens is 5. The Morgan fingerprint density at radius 1 is 1.07 bits per heavy atom. The SMILES string of the molecule is CCC(C)n1nccc1NC(=O)c1cc(-c2ccccc2)nc2c1cnn2C(C)C. The standard InChI is InChI=1S/C23H26N6O/c1-5-16(4)29-21(11-12-24-29)27-23(30)18-13-20(17-9-7-6-8-10-17)26-22-19(18)14-25-28(22)15(2)3/h6-16H,5H2,1-4H3,(H,27,30). The molecule has 1 aromatic carbocycles. The Labute approximate surface area is 175 Å². The first kappa shape index (κ1) is 19.8. The van der Waals surface area contributed by atoms with Gasteiger partial charge in [0.2, 0.25) is 0 Å². The summed E-state index contributed by atoms with van der Waals surface area (Å²) < 4.78 is 3.69. The van der Waals surface area contributed by atoms with Crippen molar-refractivity contribution in [3.05, 3.63) is 60.4 Å². The Bertz CT molecular complexity index is 1180. The third kappa shape index (κ3) is 3.58. The Morgan fingerprint density at radius 2 is 1.83 bits per heavy atom. The second-order valence-electron chi connectivity index (χ2n) is 7.71.